The van der Waals surface area contributed by atoms with E-state index < -0.39 is 5.76 Å². The number of aromatic amines is 1. The third kappa shape index (κ3) is 6.46. The van der Waals surface area contributed by atoms with Crippen LogP contribution in [0.4, 0.5) is 0 Å². The number of aryl methyl sites for hydroxylation is 2. The summed E-state index contributed by atoms with van der Waals surface area (Å²) in [5.41, 5.74) is 6.43. The second-order valence-electron chi connectivity index (χ2n) is 11.1. The van der Waals surface area contributed by atoms with E-state index in [1.54, 1.807) is 4.57 Å². The molecule has 214 valence electrons. The molecule has 1 N–H and O–H groups in total. The molecule has 0 amide bonds. The molecule has 3 aromatic carbocycles. The predicted molar refractivity (Wildman–Crippen MR) is 170 cm³/mol. The molecule has 3 heterocycles. The van der Waals surface area contributed by atoms with E-state index in [0.717, 1.165) is 57.8 Å². The van der Waals surface area contributed by atoms with Crippen molar-refractivity contribution in [2.75, 3.05) is 0 Å². The molecule has 0 saturated heterocycles. The number of nitrogens with one attached hydrogen (secondary N) is 1. The monoisotopic (exact) mass is 600 g/mol. The van der Waals surface area contributed by atoms with E-state index in [1.807, 2.05) is 99.7 Å². The summed E-state index contributed by atoms with van der Waals surface area (Å²) in [6, 6.07) is 21.6. The minimum atomic E-state index is -0.598. The summed E-state index contributed by atoms with van der Waals surface area (Å²) >= 11 is 0. The van der Waals surface area contributed by atoms with Crippen LogP contribution in [0, 0.1) is 6.92 Å². The van der Waals surface area contributed by atoms with Crippen LogP contribution in [0.5, 0.6) is 5.75 Å². The van der Waals surface area contributed by atoms with Crippen molar-refractivity contribution in [3.8, 4) is 34.0 Å². The fraction of sp³-hybridized carbons (Fsp3) is 0.235. The van der Waals surface area contributed by atoms with Gasteiger partial charge in [0.1, 0.15) is 17.2 Å². The number of aromatic nitrogens is 4. The molecule has 1 aliphatic rings. The number of hydrogen-bond donors (Lipinski definition) is 1. The van der Waals surface area contributed by atoms with Crippen LogP contribution in [0.15, 0.2) is 86.9 Å². The molecule has 0 bridgehead atoms. The van der Waals surface area contributed by atoms with Gasteiger partial charge in [0.15, 0.2) is 5.82 Å². The van der Waals surface area contributed by atoms with Crippen LogP contribution < -0.4 is 16.1 Å². The van der Waals surface area contributed by atoms with Crippen molar-refractivity contribution >= 4 is 57.5 Å². The van der Waals surface area contributed by atoms with Crippen LogP contribution in [0.2, 0.25) is 0 Å². The first kappa shape index (κ1) is 31.1. The number of fused-ring (bicyclic) bond motifs is 1. The van der Waals surface area contributed by atoms with Crippen molar-refractivity contribution in [1.29, 1.82) is 0 Å². The van der Waals surface area contributed by atoms with Gasteiger partial charge in [-0.1, -0.05) is 73.1 Å². The van der Waals surface area contributed by atoms with E-state index in [2.05, 4.69) is 17.1 Å². The minimum absolute atomic E-state index is 0. The zero-order valence-electron chi connectivity index (χ0n) is 24.1. The zero-order chi connectivity index (χ0) is 29.4. The summed E-state index contributed by atoms with van der Waals surface area (Å²) in [4.78, 5) is 33.1. The third-order valence-electron chi connectivity index (χ3n) is 7.47. The Balaban J connectivity index is 0.00000368. The molecule has 0 saturated carbocycles. The van der Waals surface area contributed by atoms with Crippen LogP contribution in [0.3, 0.4) is 0 Å². The molecule has 2 aromatic heterocycles. The van der Waals surface area contributed by atoms with Crippen LogP contribution in [-0.4, -0.2) is 76.7 Å². The summed E-state index contributed by atoms with van der Waals surface area (Å²) < 4.78 is 12.5. The molecule has 0 unspecified atom stereocenters. The van der Waals surface area contributed by atoms with Gasteiger partial charge in [-0.3, -0.25) is 18.9 Å². The van der Waals surface area contributed by atoms with Gasteiger partial charge in [-0.15, -0.1) is 0 Å². The van der Waals surface area contributed by atoms with Crippen molar-refractivity contribution in [2.24, 2.45) is 0 Å². The van der Waals surface area contributed by atoms with E-state index in [1.165, 1.54) is 0 Å². The van der Waals surface area contributed by atoms with Crippen molar-refractivity contribution < 1.29 is 9.26 Å². The number of H-pyrrole nitrogens is 1. The van der Waals surface area contributed by atoms with Crippen molar-refractivity contribution in [3.05, 3.63) is 122 Å². The molecule has 0 spiro atoms. The van der Waals surface area contributed by atoms with Gasteiger partial charge in [-0.2, -0.15) is 0 Å². The standard InChI is InChI=1S/C34H32N4O4.K.H/c1-5-8-29-28(32(39)38(21(2)35-29)25-15-16-30-24(20-25)17-18-34(3,4)41-30)19-22-11-13-23(14-12-22)26-9-6-7-10-27(26)31-36-33(40)42-37-31;;/h6-7,9-18,20H,5,8,19H2,1-4H3,(H,36,37,40);;. The maximum absolute atomic E-state index is 14.1. The molecule has 9 heteroatoms. The van der Waals surface area contributed by atoms with Crippen molar-refractivity contribution in [3.63, 3.8) is 0 Å². The normalized spacial score (nSPS) is 13.2. The summed E-state index contributed by atoms with van der Waals surface area (Å²) in [5.74, 6) is 1.23. The summed E-state index contributed by atoms with van der Waals surface area (Å²) in [7, 11) is 0. The molecule has 1 aliphatic heterocycles. The Kier molecular flexibility index (Phi) is 9.19. The van der Waals surface area contributed by atoms with Crippen LogP contribution in [-0.2, 0) is 12.8 Å². The molecule has 0 aliphatic carbocycles. The van der Waals surface area contributed by atoms with Crippen molar-refractivity contribution in [1.82, 2.24) is 19.7 Å². The zero-order valence-corrected chi connectivity index (χ0v) is 24.1. The number of nitrogens with zero attached hydrogens (tertiary/aromatic N) is 3. The molecular weight excluding hydrogens is 567 g/mol. The molecule has 0 atom stereocenters. The van der Waals surface area contributed by atoms with Gasteiger partial charge >= 0.3 is 57.1 Å². The SMILES string of the molecule is CCCc1nc(C)n(-c2ccc3c(c2)C=CC(C)(C)O3)c(=O)c1Cc1ccc(-c2ccccc2-c2noc(=O)[nH]2)cc1.[KH]. The fourth-order valence-corrected chi connectivity index (χ4v) is 5.44. The van der Waals surface area contributed by atoms with Crippen LogP contribution in [0.1, 0.15) is 55.4 Å². The number of hydrogen-bond acceptors (Lipinski definition) is 6. The summed E-state index contributed by atoms with van der Waals surface area (Å²) in [6.07, 6.45) is 6.14. The molecule has 0 fully saturated rings. The molecule has 8 nitrogen and oxygen atoms in total. The van der Waals surface area contributed by atoms with Gasteiger partial charge in [-0.05, 0) is 68.2 Å². The predicted octanol–water partition coefficient (Wildman–Crippen LogP) is 5.63. The third-order valence-corrected chi connectivity index (χ3v) is 7.47. The van der Waals surface area contributed by atoms with E-state index in [9.17, 15) is 9.59 Å². The van der Waals surface area contributed by atoms with Gasteiger partial charge in [0, 0.05) is 23.1 Å². The van der Waals surface area contributed by atoms with E-state index in [-0.39, 0.29) is 62.5 Å². The Labute approximate surface area is 292 Å². The van der Waals surface area contributed by atoms with Crippen LogP contribution in [0.25, 0.3) is 34.3 Å². The fourth-order valence-electron chi connectivity index (χ4n) is 5.44. The topological polar surface area (TPSA) is 103 Å². The average Bonchev–Trinajstić information content (AvgIpc) is 3.41. The number of benzene rings is 3. The van der Waals surface area contributed by atoms with E-state index in [0.29, 0.717) is 23.6 Å². The van der Waals surface area contributed by atoms with Crippen molar-refractivity contribution in [2.45, 2.75) is 52.6 Å². The first-order valence-corrected chi connectivity index (χ1v) is 14.1. The summed E-state index contributed by atoms with van der Waals surface area (Å²) in [5, 5.41) is 3.86. The first-order valence-electron chi connectivity index (χ1n) is 14.1. The first-order chi connectivity index (χ1) is 20.2. The molecule has 5 aromatic rings. The van der Waals surface area contributed by atoms with Gasteiger partial charge in [0.05, 0.1) is 11.4 Å². The molecule has 6 rings (SSSR count). The van der Waals surface area contributed by atoms with Gasteiger partial charge < -0.3 is 4.74 Å². The summed E-state index contributed by atoms with van der Waals surface area (Å²) in [6.45, 7) is 8.01. The molecular formula is C34H33KN4O4. The number of rotatable bonds is 7. The Morgan fingerprint density at radius 3 is 2.42 bits per heavy atom. The van der Waals surface area contributed by atoms with E-state index in [4.69, 9.17) is 14.2 Å². The van der Waals surface area contributed by atoms with Gasteiger partial charge in [-0.25, -0.2) is 9.78 Å². The second-order valence-corrected chi connectivity index (χ2v) is 11.1. The second kappa shape index (κ2) is 12.7. The Morgan fingerprint density at radius 1 is 0.977 bits per heavy atom. The quantitative estimate of drug-likeness (QED) is 0.243. The van der Waals surface area contributed by atoms with Crippen LogP contribution >= 0.6 is 0 Å². The Morgan fingerprint density at radius 2 is 1.72 bits per heavy atom. The Bertz CT molecular complexity index is 1930. The Hall–Kier alpha value is -3.34. The van der Waals surface area contributed by atoms with Gasteiger partial charge in [0.25, 0.3) is 5.56 Å². The molecule has 0 radical (unpaired) electrons. The number of ether oxygens (including phenoxy) is 1. The van der Waals surface area contributed by atoms with Gasteiger partial charge in [0.2, 0.25) is 0 Å². The average molecular weight is 601 g/mol. The molecule has 43 heavy (non-hydrogen) atoms. The van der Waals surface area contributed by atoms with E-state index >= 15 is 0 Å². The maximum atomic E-state index is 14.1.